The molecule has 0 saturated carbocycles. The molecule has 2 nitrogen and oxygen atoms in total. The van der Waals surface area contributed by atoms with E-state index in [4.69, 9.17) is 4.74 Å². The quantitative estimate of drug-likeness (QED) is 0.824. The van der Waals surface area contributed by atoms with Crippen molar-refractivity contribution in [2.24, 2.45) is 0 Å². The molecular formula is C21H25FO2. The minimum Gasteiger partial charge on any atom is -0.508 e. The van der Waals surface area contributed by atoms with E-state index in [1.54, 1.807) is 12.1 Å². The lowest BCUT2D eigenvalue weighted by Crippen LogP contribution is -2.04. The first-order chi connectivity index (χ1) is 11.5. The molecule has 2 aromatic carbocycles. The zero-order chi connectivity index (χ0) is 17.3. The molecule has 0 aromatic heterocycles. The van der Waals surface area contributed by atoms with Crippen LogP contribution in [0.15, 0.2) is 24.3 Å². The van der Waals surface area contributed by atoms with Crippen LogP contribution in [0.2, 0.25) is 0 Å². The van der Waals surface area contributed by atoms with E-state index in [1.165, 1.54) is 5.56 Å². The average Bonchev–Trinajstić information content (AvgIpc) is 3.02. The second-order valence-corrected chi connectivity index (χ2v) is 6.81. The van der Waals surface area contributed by atoms with Gasteiger partial charge in [-0.05, 0) is 72.9 Å². The maximum absolute atomic E-state index is 14.5. The Morgan fingerprint density at radius 3 is 2.62 bits per heavy atom. The van der Waals surface area contributed by atoms with Gasteiger partial charge in [0, 0.05) is 5.56 Å². The molecule has 1 aliphatic carbocycles. The average molecular weight is 328 g/mol. The summed E-state index contributed by atoms with van der Waals surface area (Å²) in [6.07, 6.45) is 3.62. The third-order valence-electron chi connectivity index (χ3n) is 4.79. The molecule has 3 rings (SSSR count). The van der Waals surface area contributed by atoms with Crippen LogP contribution >= 0.6 is 0 Å². The Labute approximate surface area is 143 Å². The van der Waals surface area contributed by atoms with Crippen molar-refractivity contribution in [3.8, 4) is 11.5 Å². The lowest BCUT2D eigenvalue weighted by atomic mass is 9.93. The predicted molar refractivity (Wildman–Crippen MR) is 94.6 cm³/mol. The molecule has 128 valence electrons. The number of hydrogen-bond acceptors (Lipinski definition) is 2. The van der Waals surface area contributed by atoms with Crippen LogP contribution in [0.3, 0.4) is 0 Å². The molecule has 3 heteroatoms. The molecule has 0 bridgehead atoms. The van der Waals surface area contributed by atoms with Gasteiger partial charge in [0.05, 0.1) is 6.61 Å². The number of phenols is 1. The van der Waals surface area contributed by atoms with E-state index in [1.807, 2.05) is 19.1 Å². The minimum absolute atomic E-state index is 0.254. The van der Waals surface area contributed by atoms with Gasteiger partial charge in [0.25, 0.3) is 0 Å². The van der Waals surface area contributed by atoms with Crippen molar-refractivity contribution in [3.05, 3.63) is 57.9 Å². The van der Waals surface area contributed by atoms with Gasteiger partial charge in [0.15, 0.2) is 11.6 Å². The van der Waals surface area contributed by atoms with Crippen molar-refractivity contribution >= 4 is 0 Å². The molecule has 2 aromatic rings. The normalized spacial score (nSPS) is 13.4. The maximum atomic E-state index is 14.5. The van der Waals surface area contributed by atoms with Crippen LogP contribution in [0.25, 0.3) is 0 Å². The number of fused-ring (bicyclic) bond motifs is 1. The fraction of sp³-hybridized carbons (Fsp3) is 0.429. The summed E-state index contributed by atoms with van der Waals surface area (Å²) in [4.78, 5) is 0. The minimum atomic E-state index is -0.254. The van der Waals surface area contributed by atoms with Crippen LogP contribution in [-0.2, 0) is 19.3 Å². The van der Waals surface area contributed by atoms with E-state index in [9.17, 15) is 9.50 Å². The zero-order valence-corrected chi connectivity index (χ0v) is 14.7. The second kappa shape index (κ2) is 6.84. The summed E-state index contributed by atoms with van der Waals surface area (Å²) in [7, 11) is 0. The Balaban J connectivity index is 1.98. The predicted octanol–water partition coefficient (Wildman–Crippen LogP) is 5.13. The Bertz CT molecular complexity index is 750. The third kappa shape index (κ3) is 3.12. The molecule has 0 unspecified atom stereocenters. The molecular weight excluding hydrogens is 303 g/mol. The number of benzene rings is 2. The second-order valence-electron chi connectivity index (χ2n) is 6.81. The van der Waals surface area contributed by atoms with Crippen LogP contribution in [0.4, 0.5) is 4.39 Å². The molecule has 1 aliphatic rings. The van der Waals surface area contributed by atoms with Crippen molar-refractivity contribution in [1.29, 1.82) is 0 Å². The standard InChI is InChI=1S/C21H25FO2/c1-4-24-21-17-7-5-6-16(17)15(12-19(21)22)10-14-8-9-20(23)18(11-14)13(2)3/h8-9,11-13,23H,4-7,10H2,1-3H3. The fourth-order valence-corrected chi connectivity index (χ4v) is 3.65. The molecule has 0 radical (unpaired) electrons. The summed E-state index contributed by atoms with van der Waals surface area (Å²) in [5.74, 6) is 0.780. The smallest absolute Gasteiger partial charge is 0.165 e. The van der Waals surface area contributed by atoms with Crippen LogP contribution < -0.4 is 4.74 Å². The Morgan fingerprint density at radius 1 is 1.17 bits per heavy atom. The lowest BCUT2D eigenvalue weighted by molar-refractivity contribution is 0.318. The number of phenolic OH excluding ortho intramolecular Hbond substituents is 1. The molecule has 0 heterocycles. The first-order valence-electron chi connectivity index (χ1n) is 8.79. The van der Waals surface area contributed by atoms with Crippen LogP contribution in [0, 0.1) is 5.82 Å². The number of rotatable bonds is 5. The van der Waals surface area contributed by atoms with Gasteiger partial charge in [-0.2, -0.15) is 0 Å². The number of halogens is 1. The molecule has 0 fully saturated rings. The van der Waals surface area contributed by atoms with Crippen LogP contribution in [0.5, 0.6) is 11.5 Å². The first-order valence-corrected chi connectivity index (χ1v) is 8.79. The summed E-state index contributed by atoms with van der Waals surface area (Å²) in [6, 6.07) is 7.35. The molecule has 0 amide bonds. The van der Waals surface area contributed by atoms with Crippen molar-refractivity contribution in [3.63, 3.8) is 0 Å². The zero-order valence-electron chi connectivity index (χ0n) is 14.7. The summed E-state index contributed by atoms with van der Waals surface area (Å²) >= 11 is 0. The van der Waals surface area contributed by atoms with Crippen molar-refractivity contribution in [2.45, 2.75) is 52.4 Å². The van der Waals surface area contributed by atoms with Gasteiger partial charge in [-0.3, -0.25) is 0 Å². The van der Waals surface area contributed by atoms with Crippen LogP contribution in [0.1, 0.15) is 60.9 Å². The molecule has 0 atom stereocenters. The Morgan fingerprint density at radius 2 is 1.92 bits per heavy atom. The van der Waals surface area contributed by atoms with Crippen molar-refractivity contribution in [2.75, 3.05) is 6.61 Å². The molecule has 1 N–H and O–H groups in total. The van der Waals surface area contributed by atoms with E-state index in [2.05, 4.69) is 13.8 Å². The lowest BCUT2D eigenvalue weighted by Gasteiger charge is -2.16. The van der Waals surface area contributed by atoms with Crippen molar-refractivity contribution < 1.29 is 14.2 Å². The van der Waals surface area contributed by atoms with E-state index in [0.717, 1.165) is 41.5 Å². The van der Waals surface area contributed by atoms with Gasteiger partial charge in [-0.25, -0.2) is 4.39 Å². The van der Waals surface area contributed by atoms with Crippen LogP contribution in [-0.4, -0.2) is 11.7 Å². The molecule has 24 heavy (non-hydrogen) atoms. The molecule has 0 aliphatic heterocycles. The Hall–Kier alpha value is -2.03. The Kier molecular flexibility index (Phi) is 4.79. The summed E-state index contributed by atoms with van der Waals surface area (Å²) < 4.78 is 20.0. The highest BCUT2D eigenvalue weighted by Crippen LogP contribution is 2.37. The van der Waals surface area contributed by atoms with Gasteiger partial charge in [0.2, 0.25) is 0 Å². The molecule has 0 saturated heterocycles. The SMILES string of the molecule is CCOc1c(F)cc(Cc2ccc(O)c(C(C)C)c2)c2c1CCC2. The highest BCUT2D eigenvalue weighted by Gasteiger charge is 2.23. The number of hydrogen-bond donors (Lipinski definition) is 1. The monoisotopic (exact) mass is 328 g/mol. The summed E-state index contributed by atoms with van der Waals surface area (Å²) in [5, 5.41) is 9.99. The third-order valence-corrected chi connectivity index (χ3v) is 4.79. The van der Waals surface area contributed by atoms with Gasteiger partial charge >= 0.3 is 0 Å². The van der Waals surface area contributed by atoms with E-state index < -0.39 is 0 Å². The van der Waals surface area contributed by atoms with Gasteiger partial charge in [-0.15, -0.1) is 0 Å². The van der Waals surface area contributed by atoms with Gasteiger partial charge < -0.3 is 9.84 Å². The molecule has 0 spiro atoms. The fourth-order valence-electron chi connectivity index (χ4n) is 3.65. The highest BCUT2D eigenvalue weighted by molar-refractivity contribution is 5.51. The summed E-state index contributed by atoms with van der Waals surface area (Å²) in [5.41, 5.74) is 5.39. The number of aromatic hydroxyl groups is 1. The van der Waals surface area contributed by atoms with Gasteiger partial charge in [-0.1, -0.05) is 26.0 Å². The largest absolute Gasteiger partial charge is 0.508 e. The first kappa shape index (κ1) is 16.8. The van der Waals surface area contributed by atoms with Crippen molar-refractivity contribution in [1.82, 2.24) is 0 Å². The topological polar surface area (TPSA) is 29.5 Å². The highest BCUT2D eigenvalue weighted by atomic mass is 19.1. The number of ether oxygens (including phenoxy) is 1. The van der Waals surface area contributed by atoms with Gasteiger partial charge in [0.1, 0.15) is 5.75 Å². The van der Waals surface area contributed by atoms with E-state index >= 15 is 0 Å². The maximum Gasteiger partial charge on any atom is 0.165 e. The van der Waals surface area contributed by atoms with E-state index in [-0.39, 0.29) is 11.7 Å². The summed E-state index contributed by atoms with van der Waals surface area (Å²) in [6.45, 7) is 6.50. The van der Waals surface area contributed by atoms with E-state index in [0.29, 0.717) is 24.5 Å².